The molecule has 0 bridgehead atoms. The summed E-state index contributed by atoms with van der Waals surface area (Å²) in [6.07, 6.45) is 1.57. The molecular formula is C18H20ClFN4O3S. The molecule has 1 saturated heterocycles. The molecule has 28 heavy (non-hydrogen) atoms. The fourth-order valence-electron chi connectivity index (χ4n) is 2.90. The van der Waals surface area contributed by atoms with Crippen LogP contribution in [0.5, 0.6) is 0 Å². The van der Waals surface area contributed by atoms with Gasteiger partial charge >= 0.3 is 0 Å². The van der Waals surface area contributed by atoms with E-state index in [0.29, 0.717) is 31.2 Å². The number of hydrogen-bond acceptors (Lipinski definition) is 5. The van der Waals surface area contributed by atoms with Crippen LogP contribution in [-0.4, -0.2) is 68.3 Å². The Morgan fingerprint density at radius 2 is 1.79 bits per heavy atom. The second-order valence-corrected chi connectivity index (χ2v) is 8.90. The Balaban J connectivity index is 1.58. The van der Waals surface area contributed by atoms with Gasteiger partial charge in [-0.2, -0.15) is 4.31 Å². The molecule has 0 aliphatic carbocycles. The molecule has 1 fully saturated rings. The minimum Gasteiger partial charge on any atom is -0.353 e. The van der Waals surface area contributed by atoms with E-state index in [1.807, 2.05) is 11.0 Å². The van der Waals surface area contributed by atoms with E-state index in [4.69, 9.17) is 11.6 Å². The number of sulfonamides is 1. The number of nitrogens with zero attached hydrogens (tertiary/aromatic N) is 4. The summed E-state index contributed by atoms with van der Waals surface area (Å²) in [6, 6.07) is 8.10. The third-order valence-corrected chi connectivity index (χ3v) is 6.59. The van der Waals surface area contributed by atoms with E-state index < -0.39 is 15.8 Å². The topological polar surface area (TPSA) is 73.8 Å². The van der Waals surface area contributed by atoms with Gasteiger partial charge in [-0.05, 0) is 36.4 Å². The minimum atomic E-state index is -3.86. The molecule has 1 aliphatic heterocycles. The maximum atomic E-state index is 13.0. The maximum absolute atomic E-state index is 13.0. The highest BCUT2D eigenvalue weighted by molar-refractivity contribution is 7.89. The van der Waals surface area contributed by atoms with Gasteiger partial charge in [-0.1, -0.05) is 11.6 Å². The minimum absolute atomic E-state index is 0.0529. The first kappa shape index (κ1) is 20.5. The average Bonchev–Trinajstić information content (AvgIpc) is 2.69. The lowest BCUT2D eigenvalue weighted by Gasteiger charge is -2.36. The number of likely N-dealkylation sites (N-methyl/N-ethyl adjacent to an activating group) is 1. The fourth-order valence-corrected chi connectivity index (χ4v) is 4.13. The number of carbonyl (C=O) groups is 1. The Bertz CT molecular complexity index is 930. The number of benzene rings is 1. The smallest absolute Gasteiger partial charge is 0.243 e. The van der Waals surface area contributed by atoms with E-state index in [1.54, 1.807) is 17.2 Å². The van der Waals surface area contributed by atoms with Crippen molar-refractivity contribution < 1.29 is 17.6 Å². The molecule has 0 spiro atoms. The first-order valence-electron chi connectivity index (χ1n) is 8.63. The van der Waals surface area contributed by atoms with Gasteiger partial charge in [0.05, 0.1) is 16.5 Å². The van der Waals surface area contributed by atoms with Gasteiger partial charge in [0.25, 0.3) is 0 Å². The second kappa shape index (κ2) is 8.42. The lowest BCUT2D eigenvalue weighted by atomic mass is 10.3. The van der Waals surface area contributed by atoms with E-state index in [0.717, 1.165) is 22.3 Å². The van der Waals surface area contributed by atoms with Crippen molar-refractivity contribution in [1.29, 1.82) is 0 Å². The van der Waals surface area contributed by atoms with Gasteiger partial charge in [0.1, 0.15) is 11.6 Å². The monoisotopic (exact) mass is 426 g/mol. The Kier molecular flexibility index (Phi) is 6.17. The molecule has 2 heterocycles. The summed E-state index contributed by atoms with van der Waals surface area (Å²) >= 11 is 5.85. The van der Waals surface area contributed by atoms with E-state index in [2.05, 4.69) is 4.98 Å². The number of rotatable bonds is 5. The Hall–Kier alpha value is -2.23. The van der Waals surface area contributed by atoms with Crippen LogP contribution in [0.3, 0.4) is 0 Å². The molecule has 1 aromatic carbocycles. The van der Waals surface area contributed by atoms with Crippen molar-refractivity contribution in [3.63, 3.8) is 0 Å². The largest absolute Gasteiger partial charge is 0.353 e. The van der Waals surface area contributed by atoms with E-state index in [-0.39, 0.29) is 17.3 Å². The number of halogens is 2. The number of anilines is 1. The first-order valence-corrected chi connectivity index (χ1v) is 10.5. The lowest BCUT2D eigenvalue weighted by Crippen LogP contribution is -2.51. The molecule has 3 rings (SSSR count). The molecule has 150 valence electrons. The van der Waals surface area contributed by atoms with Crippen LogP contribution in [0, 0.1) is 5.82 Å². The number of aromatic nitrogens is 1. The van der Waals surface area contributed by atoms with Crippen molar-refractivity contribution in [2.45, 2.75) is 4.90 Å². The van der Waals surface area contributed by atoms with Crippen LogP contribution in [0.4, 0.5) is 10.2 Å². The number of piperazine rings is 1. The van der Waals surface area contributed by atoms with Crippen LogP contribution in [0.2, 0.25) is 5.02 Å². The molecule has 0 radical (unpaired) electrons. The SMILES string of the molecule is CN(CC(=O)N1CCN(c2ccc(Cl)cn2)CC1)S(=O)(=O)c1ccc(F)cc1. The Labute approximate surface area is 168 Å². The van der Waals surface area contributed by atoms with Gasteiger partial charge in [0.2, 0.25) is 15.9 Å². The number of amides is 1. The molecule has 0 saturated carbocycles. The highest BCUT2D eigenvalue weighted by atomic mass is 35.5. The summed E-state index contributed by atoms with van der Waals surface area (Å²) in [5.41, 5.74) is 0. The maximum Gasteiger partial charge on any atom is 0.243 e. The van der Waals surface area contributed by atoms with Gasteiger partial charge in [-0.25, -0.2) is 17.8 Å². The number of hydrogen-bond donors (Lipinski definition) is 0. The first-order chi connectivity index (χ1) is 13.3. The number of carbonyl (C=O) groups excluding carboxylic acids is 1. The van der Waals surface area contributed by atoms with Gasteiger partial charge in [0, 0.05) is 39.4 Å². The van der Waals surface area contributed by atoms with E-state index in [9.17, 15) is 17.6 Å². The normalized spacial score (nSPS) is 15.1. The van der Waals surface area contributed by atoms with E-state index >= 15 is 0 Å². The zero-order valence-electron chi connectivity index (χ0n) is 15.3. The molecule has 0 atom stereocenters. The lowest BCUT2D eigenvalue weighted by molar-refractivity contribution is -0.131. The van der Waals surface area contributed by atoms with Crippen molar-refractivity contribution in [2.24, 2.45) is 0 Å². The molecule has 1 aliphatic rings. The van der Waals surface area contributed by atoms with Gasteiger partial charge in [0.15, 0.2) is 0 Å². The predicted octanol–water partition coefficient (Wildman–Crippen LogP) is 1.84. The summed E-state index contributed by atoms with van der Waals surface area (Å²) in [5, 5.41) is 0.558. The molecule has 0 unspecified atom stereocenters. The highest BCUT2D eigenvalue weighted by Crippen LogP contribution is 2.18. The summed E-state index contributed by atoms with van der Waals surface area (Å²) in [4.78, 5) is 20.4. The molecule has 0 N–H and O–H groups in total. The van der Waals surface area contributed by atoms with Crippen molar-refractivity contribution in [2.75, 3.05) is 44.7 Å². The zero-order valence-corrected chi connectivity index (χ0v) is 16.8. The Morgan fingerprint density at radius 3 is 2.36 bits per heavy atom. The predicted molar refractivity (Wildman–Crippen MR) is 104 cm³/mol. The van der Waals surface area contributed by atoms with Crippen LogP contribution in [0.1, 0.15) is 0 Å². The third kappa shape index (κ3) is 4.60. The third-order valence-electron chi connectivity index (χ3n) is 4.55. The van der Waals surface area contributed by atoms with Crippen LogP contribution in [-0.2, 0) is 14.8 Å². The van der Waals surface area contributed by atoms with Crippen LogP contribution >= 0.6 is 11.6 Å². The van der Waals surface area contributed by atoms with Crippen molar-refractivity contribution in [3.8, 4) is 0 Å². The zero-order chi connectivity index (χ0) is 20.3. The van der Waals surface area contributed by atoms with Gasteiger partial charge in [-0.15, -0.1) is 0 Å². The van der Waals surface area contributed by atoms with Crippen LogP contribution < -0.4 is 4.90 Å². The van der Waals surface area contributed by atoms with Crippen molar-refractivity contribution >= 4 is 33.3 Å². The van der Waals surface area contributed by atoms with Crippen LogP contribution in [0.15, 0.2) is 47.5 Å². The average molecular weight is 427 g/mol. The Morgan fingerprint density at radius 1 is 1.14 bits per heavy atom. The summed E-state index contributed by atoms with van der Waals surface area (Å²) in [7, 11) is -2.52. The van der Waals surface area contributed by atoms with Crippen molar-refractivity contribution in [1.82, 2.24) is 14.2 Å². The van der Waals surface area contributed by atoms with Gasteiger partial charge in [-0.3, -0.25) is 4.79 Å². The van der Waals surface area contributed by atoms with E-state index in [1.165, 1.54) is 19.2 Å². The summed E-state index contributed by atoms with van der Waals surface area (Å²) in [5.74, 6) is -0.0184. The molecule has 10 heteroatoms. The highest BCUT2D eigenvalue weighted by Gasteiger charge is 2.27. The van der Waals surface area contributed by atoms with Gasteiger partial charge < -0.3 is 9.80 Å². The quantitative estimate of drug-likeness (QED) is 0.729. The molecule has 2 aromatic rings. The molecule has 1 aromatic heterocycles. The molecular weight excluding hydrogens is 407 g/mol. The number of pyridine rings is 1. The second-order valence-electron chi connectivity index (χ2n) is 6.42. The standard InChI is InChI=1S/C18H20ClFN4O3S/c1-22(28(26,27)16-5-3-15(20)4-6-16)13-18(25)24-10-8-23(9-11-24)17-7-2-14(19)12-21-17/h2-7,12H,8-11,13H2,1H3. The molecule has 7 nitrogen and oxygen atoms in total. The fraction of sp³-hybridized carbons (Fsp3) is 0.333. The van der Waals surface area contributed by atoms with Crippen LogP contribution in [0.25, 0.3) is 0 Å². The summed E-state index contributed by atoms with van der Waals surface area (Å²) in [6.45, 7) is 1.84. The molecule has 1 amide bonds. The van der Waals surface area contributed by atoms with Crippen molar-refractivity contribution in [3.05, 3.63) is 53.4 Å². The summed E-state index contributed by atoms with van der Waals surface area (Å²) < 4.78 is 39.1.